The van der Waals surface area contributed by atoms with Crippen LogP contribution < -0.4 is 10.6 Å². The van der Waals surface area contributed by atoms with E-state index in [2.05, 4.69) is 0 Å². The van der Waals surface area contributed by atoms with E-state index in [9.17, 15) is 4.79 Å². The lowest BCUT2D eigenvalue weighted by atomic mass is 10.1. The molecule has 0 bridgehead atoms. The number of rotatable bonds is 4. The molecule has 5 heteroatoms. The van der Waals surface area contributed by atoms with E-state index < -0.39 is 0 Å². The van der Waals surface area contributed by atoms with E-state index in [4.69, 9.17) is 10.5 Å². The predicted molar refractivity (Wildman–Crippen MR) is 90.3 cm³/mol. The maximum absolute atomic E-state index is 12.1. The molecule has 0 aliphatic heterocycles. The molecule has 2 aromatic rings. The second-order valence-corrected chi connectivity index (χ2v) is 5.44. The number of hydrogen-bond donors (Lipinski definition) is 1. The summed E-state index contributed by atoms with van der Waals surface area (Å²) in [5, 5.41) is 0. The summed E-state index contributed by atoms with van der Waals surface area (Å²) in [5.74, 6) is -0.371. The van der Waals surface area contributed by atoms with Gasteiger partial charge in [0.2, 0.25) is 0 Å². The smallest absolute Gasteiger partial charge is 0.342 e. The number of anilines is 2. The number of hydrogen-bond acceptors (Lipinski definition) is 4. The first kappa shape index (κ1) is 15.9. The molecule has 0 radical (unpaired) electrons. The summed E-state index contributed by atoms with van der Waals surface area (Å²) in [6.07, 6.45) is 0. The highest BCUT2D eigenvalue weighted by atomic mass is 16.5. The first-order valence-corrected chi connectivity index (χ1v) is 7.28. The minimum absolute atomic E-state index is 0.333. The molecule has 0 saturated carbocycles. The van der Waals surface area contributed by atoms with Gasteiger partial charge in [0.15, 0.2) is 0 Å². The molecule has 22 heavy (non-hydrogen) atoms. The summed E-state index contributed by atoms with van der Waals surface area (Å²) in [5.41, 5.74) is 10.9. The van der Waals surface area contributed by atoms with Gasteiger partial charge < -0.3 is 19.9 Å². The molecule has 1 aromatic carbocycles. The van der Waals surface area contributed by atoms with Gasteiger partial charge in [-0.15, -0.1) is 0 Å². The van der Waals surface area contributed by atoms with Crippen LogP contribution in [0.3, 0.4) is 0 Å². The zero-order valence-electron chi connectivity index (χ0n) is 13.8. The van der Waals surface area contributed by atoms with Crippen LogP contribution in [0.2, 0.25) is 0 Å². The normalized spacial score (nSPS) is 10.6. The molecule has 0 unspecified atom stereocenters. The van der Waals surface area contributed by atoms with Gasteiger partial charge in [-0.1, -0.05) is 12.1 Å². The quantitative estimate of drug-likeness (QED) is 0.882. The number of nitrogen functional groups attached to an aromatic ring is 1. The van der Waals surface area contributed by atoms with E-state index in [1.165, 1.54) is 0 Å². The number of ether oxygens (including phenoxy) is 1. The number of benzene rings is 1. The fraction of sp³-hybridized carbons (Fsp3) is 0.353. The van der Waals surface area contributed by atoms with Crippen molar-refractivity contribution in [2.45, 2.75) is 13.8 Å². The maximum Gasteiger partial charge on any atom is 0.342 e. The van der Waals surface area contributed by atoms with Crippen molar-refractivity contribution in [2.75, 3.05) is 31.3 Å². The summed E-state index contributed by atoms with van der Waals surface area (Å²) in [7, 11) is 5.90. The summed E-state index contributed by atoms with van der Waals surface area (Å²) in [6, 6.07) is 8.08. The topological polar surface area (TPSA) is 60.5 Å². The third kappa shape index (κ3) is 2.66. The summed E-state index contributed by atoms with van der Waals surface area (Å²) in [4.78, 5) is 14.1. The molecule has 0 fully saturated rings. The Bertz CT molecular complexity index is 685. The van der Waals surface area contributed by atoms with Crippen molar-refractivity contribution in [1.29, 1.82) is 0 Å². The van der Waals surface area contributed by atoms with Gasteiger partial charge in [0.1, 0.15) is 5.56 Å². The van der Waals surface area contributed by atoms with Gasteiger partial charge in [-0.05, 0) is 26.0 Å². The Morgan fingerprint density at radius 3 is 2.36 bits per heavy atom. The van der Waals surface area contributed by atoms with Gasteiger partial charge in [-0.2, -0.15) is 0 Å². The van der Waals surface area contributed by atoms with Crippen LogP contribution in [0.1, 0.15) is 23.0 Å². The number of nitrogens with two attached hydrogens (primary N) is 1. The minimum Gasteiger partial charge on any atom is -0.462 e. The standard InChI is InChI=1S/C17H23N3O2/c1-6-22-17(21)14-11(2)20(5)16(15(14)18)12-7-9-13(10-8-12)19(3)4/h7-10H,6,18H2,1-5H3. The molecule has 0 spiro atoms. The molecule has 2 rings (SSSR count). The van der Waals surface area contributed by atoms with Gasteiger partial charge in [0, 0.05) is 38.1 Å². The Hall–Kier alpha value is -2.43. The molecule has 5 nitrogen and oxygen atoms in total. The zero-order chi connectivity index (χ0) is 16.4. The van der Waals surface area contributed by atoms with Crippen LogP contribution in [0.5, 0.6) is 0 Å². The van der Waals surface area contributed by atoms with E-state index in [1.54, 1.807) is 6.92 Å². The van der Waals surface area contributed by atoms with Crippen LogP contribution in [0.15, 0.2) is 24.3 Å². The largest absolute Gasteiger partial charge is 0.462 e. The number of aromatic nitrogens is 1. The van der Waals surface area contributed by atoms with Crippen LogP contribution in [0.4, 0.5) is 11.4 Å². The van der Waals surface area contributed by atoms with Crippen LogP contribution in [-0.4, -0.2) is 31.2 Å². The Morgan fingerprint density at radius 1 is 1.27 bits per heavy atom. The van der Waals surface area contributed by atoms with Crippen LogP contribution in [-0.2, 0) is 11.8 Å². The van der Waals surface area contributed by atoms with Crippen molar-refractivity contribution in [3.8, 4) is 11.3 Å². The maximum atomic E-state index is 12.1. The Kier molecular flexibility index (Phi) is 4.45. The molecule has 0 atom stereocenters. The molecule has 0 amide bonds. The lowest BCUT2D eigenvalue weighted by molar-refractivity contribution is 0.0526. The molecule has 0 aliphatic carbocycles. The van der Waals surface area contributed by atoms with Crippen molar-refractivity contribution < 1.29 is 9.53 Å². The molecule has 118 valence electrons. The Balaban J connectivity index is 2.52. The first-order chi connectivity index (χ1) is 10.4. The van der Waals surface area contributed by atoms with Gasteiger partial charge in [-0.3, -0.25) is 0 Å². The van der Waals surface area contributed by atoms with E-state index in [-0.39, 0.29) is 5.97 Å². The van der Waals surface area contributed by atoms with Crippen molar-refractivity contribution in [1.82, 2.24) is 4.57 Å². The van der Waals surface area contributed by atoms with E-state index in [0.717, 1.165) is 22.6 Å². The summed E-state index contributed by atoms with van der Waals surface area (Å²) < 4.78 is 7.04. The fourth-order valence-electron chi connectivity index (χ4n) is 2.56. The summed E-state index contributed by atoms with van der Waals surface area (Å²) in [6.45, 7) is 3.99. The molecule has 1 aromatic heterocycles. The van der Waals surface area contributed by atoms with Crippen molar-refractivity contribution in [3.63, 3.8) is 0 Å². The van der Waals surface area contributed by atoms with E-state index >= 15 is 0 Å². The Morgan fingerprint density at radius 2 is 1.86 bits per heavy atom. The van der Waals surface area contributed by atoms with Gasteiger partial charge in [0.25, 0.3) is 0 Å². The van der Waals surface area contributed by atoms with E-state index in [1.807, 2.05) is 61.8 Å². The molecule has 2 N–H and O–H groups in total. The van der Waals surface area contributed by atoms with Crippen LogP contribution in [0, 0.1) is 6.92 Å². The molecular weight excluding hydrogens is 278 g/mol. The monoisotopic (exact) mass is 301 g/mol. The predicted octanol–water partition coefficient (Wildman–Crippen LogP) is 2.83. The highest BCUT2D eigenvalue weighted by Crippen LogP contribution is 2.34. The Labute approximate surface area is 131 Å². The van der Waals surface area contributed by atoms with Gasteiger partial charge >= 0.3 is 5.97 Å². The SMILES string of the molecule is CCOC(=O)c1c(N)c(-c2ccc(N(C)C)cc2)n(C)c1C. The van der Waals surface area contributed by atoms with Crippen molar-refractivity contribution in [3.05, 3.63) is 35.5 Å². The molecule has 0 aliphatic rings. The average Bonchev–Trinajstić information content (AvgIpc) is 2.69. The average molecular weight is 301 g/mol. The first-order valence-electron chi connectivity index (χ1n) is 7.28. The highest BCUT2D eigenvalue weighted by Gasteiger charge is 2.23. The lowest BCUT2D eigenvalue weighted by Crippen LogP contribution is -2.08. The lowest BCUT2D eigenvalue weighted by Gasteiger charge is -2.13. The van der Waals surface area contributed by atoms with Gasteiger partial charge in [0.05, 0.1) is 18.0 Å². The zero-order valence-corrected chi connectivity index (χ0v) is 13.8. The summed E-state index contributed by atoms with van der Waals surface area (Å²) >= 11 is 0. The van der Waals surface area contributed by atoms with Crippen molar-refractivity contribution in [2.24, 2.45) is 7.05 Å². The second-order valence-electron chi connectivity index (χ2n) is 5.44. The van der Waals surface area contributed by atoms with Crippen molar-refractivity contribution >= 4 is 17.3 Å². The number of esters is 1. The number of nitrogens with zero attached hydrogens (tertiary/aromatic N) is 2. The minimum atomic E-state index is -0.371. The van der Waals surface area contributed by atoms with Crippen LogP contribution >= 0.6 is 0 Å². The fourth-order valence-corrected chi connectivity index (χ4v) is 2.56. The highest BCUT2D eigenvalue weighted by molar-refractivity contribution is 6.01. The molecular formula is C17H23N3O2. The second kappa shape index (κ2) is 6.13. The third-order valence-corrected chi connectivity index (χ3v) is 3.86. The third-order valence-electron chi connectivity index (χ3n) is 3.86. The van der Waals surface area contributed by atoms with Crippen LogP contribution in [0.25, 0.3) is 11.3 Å². The van der Waals surface area contributed by atoms with Gasteiger partial charge in [-0.25, -0.2) is 4.79 Å². The number of carbonyl (C=O) groups is 1. The number of carbonyl (C=O) groups excluding carboxylic acids is 1. The molecule has 1 heterocycles. The molecule has 0 saturated heterocycles. The van der Waals surface area contributed by atoms with E-state index in [0.29, 0.717) is 17.9 Å².